The number of benzene rings is 1. The average Bonchev–Trinajstić information content (AvgIpc) is 2.83. The lowest BCUT2D eigenvalue weighted by molar-refractivity contribution is 0.0886. The Morgan fingerprint density at radius 3 is 2.67 bits per heavy atom. The van der Waals surface area contributed by atoms with Crippen molar-refractivity contribution in [1.29, 1.82) is 0 Å². The van der Waals surface area contributed by atoms with E-state index < -0.39 is 0 Å². The topological polar surface area (TPSA) is 29.5 Å². The van der Waals surface area contributed by atoms with E-state index in [-0.39, 0.29) is 6.09 Å². The van der Waals surface area contributed by atoms with E-state index in [1.165, 1.54) is 32.1 Å². The first kappa shape index (κ1) is 14.4. The molecular weight excluding hydrogens is 262 g/mol. The van der Waals surface area contributed by atoms with Gasteiger partial charge >= 0.3 is 6.09 Å². The van der Waals surface area contributed by atoms with Gasteiger partial charge in [0.2, 0.25) is 0 Å². The standard InChI is InChI=1S/C18H25NO2/c1-15-12-18(10-6-3-7-11-18)14-19(15)17(20)21-13-16-8-4-2-5-9-16/h2,4-5,8-9,15H,3,6-7,10-14H2,1H3. The lowest BCUT2D eigenvalue weighted by atomic mass is 9.73. The largest absolute Gasteiger partial charge is 0.445 e. The number of hydrogen-bond donors (Lipinski definition) is 0. The van der Waals surface area contributed by atoms with Crippen molar-refractivity contribution in [3.63, 3.8) is 0 Å². The lowest BCUT2D eigenvalue weighted by Crippen LogP contribution is -2.36. The van der Waals surface area contributed by atoms with E-state index in [0.717, 1.165) is 18.5 Å². The van der Waals surface area contributed by atoms with E-state index >= 15 is 0 Å². The van der Waals surface area contributed by atoms with Crippen molar-refractivity contribution >= 4 is 6.09 Å². The fourth-order valence-electron chi connectivity index (χ4n) is 4.03. The molecule has 2 aliphatic rings. The quantitative estimate of drug-likeness (QED) is 0.808. The highest BCUT2D eigenvalue weighted by Crippen LogP contribution is 2.46. The Bertz CT molecular complexity index is 479. The number of likely N-dealkylation sites (tertiary alicyclic amines) is 1. The summed E-state index contributed by atoms with van der Waals surface area (Å²) in [5, 5.41) is 0. The molecule has 1 aliphatic heterocycles. The van der Waals surface area contributed by atoms with Gasteiger partial charge in [-0.05, 0) is 37.2 Å². The van der Waals surface area contributed by atoms with Crippen molar-refractivity contribution in [3.05, 3.63) is 35.9 Å². The van der Waals surface area contributed by atoms with Crippen molar-refractivity contribution in [2.75, 3.05) is 6.54 Å². The van der Waals surface area contributed by atoms with Crippen LogP contribution in [0.1, 0.15) is 51.0 Å². The van der Waals surface area contributed by atoms with Crippen molar-refractivity contribution in [3.8, 4) is 0 Å². The zero-order chi connectivity index (χ0) is 14.7. The van der Waals surface area contributed by atoms with Gasteiger partial charge in [-0.2, -0.15) is 0 Å². The Labute approximate surface area is 127 Å². The van der Waals surface area contributed by atoms with Gasteiger partial charge in [0.1, 0.15) is 6.61 Å². The summed E-state index contributed by atoms with van der Waals surface area (Å²) in [5.74, 6) is 0. The summed E-state index contributed by atoms with van der Waals surface area (Å²) in [6.07, 6.45) is 7.55. The first-order valence-electron chi connectivity index (χ1n) is 8.16. The van der Waals surface area contributed by atoms with Crippen LogP contribution in [0.25, 0.3) is 0 Å². The highest BCUT2D eigenvalue weighted by Gasteiger charge is 2.44. The molecule has 1 saturated carbocycles. The molecule has 1 aromatic rings. The highest BCUT2D eigenvalue weighted by atomic mass is 16.6. The number of ether oxygens (including phenoxy) is 1. The Balaban J connectivity index is 1.57. The smallest absolute Gasteiger partial charge is 0.410 e. The summed E-state index contributed by atoms with van der Waals surface area (Å²) in [6.45, 7) is 3.42. The van der Waals surface area contributed by atoms with Crippen LogP contribution in [0, 0.1) is 5.41 Å². The molecule has 1 amide bonds. The second-order valence-electron chi connectivity index (χ2n) is 6.78. The van der Waals surface area contributed by atoms with Gasteiger partial charge in [-0.3, -0.25) is 0 Å². The molecule has 1 aliphatic carbocycles. The molecule has 1 spiro atoms. The molecule has 3 rings (SSSR count). The Morgan fingerprint density at radius 2 is 1.95 bits per heavy atom. The van der Waals surface area contributed by atoms with Gasteiger partial charge in [-0.25, -0.2) is 4.79 Å². The molecule has 1 saturated heterocycles. The minimum absolute atomic E-state index is 0.145. The zero-order valence-electron chi connectivity index (χ0n) is 12.9. The summed E-state index contributed by atoms with van der Waals surface area (Å²) in [6, 6.07) is 10.2. The van der Waals surface area contributed by atoms with Gasteiger partial charge in [-0.1, -0.05) is 49.6 Å². The molecule has 0 bridgehead atoms. The lowest BCUT2D eigenvalue weighted by Gasteiger charge is -2.32. The van der Waals surface area contributed by atoms with Crippen LogP contribution in [0.4, 0.5) is 4.79 Å². The molecule has 2 fully saturated rings. The average molecular weight is 287 g/mol. The maximum Gasteiger partial charge on any atom is 0.410 e. The maximum atomic E-state index is 12.4. The van der Waals surface area contributed by atoms with Crippen LogP contribution in [0.5, 0.6) is 0 Å². The molecule has 1 aromatic carbocycles. The number of carbonyl (C=O) groups is 1. The number of rotatable bonds is 2. The highest BCUT2D eigenvalue weighted by molar-refractivity contribution is 5.68. The molecule has 0 N–H and O–H groups in total. The van der Waals surface area contributed by atoms with Crippen LogP contribution in [0.3, 0.4) is 0 Å². The first-order chi connectivity index (χ1) is 10.2. The van der Waals surface area contributed by atoms with Gasteiger partial charge in [0.15, 0.2) is 0 Å². The van der Waals surface area contributed by atoms with Crippen molar-refractivity contribution in [1.82, 2.24) is 4.90 Å². The normalized spacial score (nSPS) is 24.2. The maximum absolute atomic E-state index is 12.4. The molecule has 1 unspecified atom stereocenters. The zero-order valence-corrected chi connectivity index (χ0v) is 12.9. The Hall–Kier alpha value is -1.51. The SMILES string of the molecule is CC1CC2(CCCCC2)CN1C(=O)OCc1ccccc1. The third kappa shape index (κ3) is 3.22. The summed E-state index contributed by atoms with van der Waals surface area (Å²) in [4.78, 5) is 14.3. The van der Waals surface area contributed by atoms with Crippen LogP contribution in [0.15, 0.2) is 30.3 Å². The van der Waals surface area contributed by atoms with E-state index in [2.05, 4.69) is 6.92 Å². The molecule has 3 heteroatoms. The minimum atomic E-state index is -0.145. The van der Waals surface area contributed by atoms with E-state index in [1.807, 2.05) is 35.2 Å². The molecule has 114 valence electrons. The van der Waals surface area contributed by atoms with Crippen LogP contribution < -0.4 is 0 Å². The van der Waals surface area contributed by atoms with E-state index in [4.69, 9.17) is 4.74 Å². The van der Waals surface area contributed by atoms with Crippen LogP contribution in [-0.2, 0) is 11.3 Å². The monoisotopic (exact) mass is 287 g/mol. The predicted molar refractivity (Wildman–Crippen MR) is 82.9 cm³/mol. The van der Waals surface area contributed by atoms with Crippen LogP contribution in [0.2, 0.25) is 0 Å². The van der Waals surface area contributed by atoms with Crippen molar-refractivity contribution in [2.24, 2.45) is 5.41 Å². The number of nitrogens with zero attached hydrogens (tertiary/aromatic N) is 1. The van der Waals surface area contributed by atoms with E-state index in [9.17, 15) is 4.79 Å². The summed E-state index contributed by atoms with van der Waals surface area (Å²) < 4.78 is 5.50. The number of hydrogen-bond acceptors (Lipinski definition) is 2. The second-order valence-corrected chi connectivity index (χ2v) is 6.78. The molecule has 1 heterocycles. The van der Waals surface area contributed by atoms with Crippen LogP contribution >= 0.6 is 0 Å². The molecule has 1 atom stereocenters. The molecule has 0 radical (unpaired) electrons. The van der Waals surface area contributed by atoms with Gasteiger partial charge in [-0.15, -0.1) is 0 Å². The summed E-state index contributed by atoms with van der Waals surface area (Å²) in [7, 11) is 0. The summed E-state index contributed by atoms with van der Waals surface area (Å²) >= 11 is 0. The third-order valence-corrected chi connectivity index (χ3v) is 5.12. The van der Waals surface area contributed by atoms with Gasteiger partial charge in [0, 0.05) is 12.6 Å². The van der Waals surface area contributed by atoms with E-state index in [1.54, 1.807) is 0 Å². The Morgan fingerprint density at radius 1 is 1.24 bits per heavy atom. The minimum Gasteiger partial charge on any atom is -0.445 e. The van der Waals surface area contributed by atoms with E-state index in [0.29, 0.717) is 18.1 Å². The Kier molecular flexibility index (Phi) is 4.18. The molecule has 21 heavy (non-hydrogen) atoms. The summed E-state index contributed by atoms with van der Waals surface area (Å²) in [5.41, 5.74) is 1.42. The predicted octanol–water partition coefficient (Wildman–Crippen LogP) is 4.37. The van der Waals surface area contributed by atoms with Crippen molar-refractivity contribution < 1.29 is 9.53 Å². The fourth-order valence-corrected chi connectivity index (χ4v) is 4.03. The first-order valence-corrected chi connectivity index (χ1v) is 8.16. The van der Waals surface area contributed by atoms with Crippen molar-refractivity contribution in [2.45, 2.75) is 58.1 Å². The number of amides is 1. The number of carbonyl (C=O) groups excluding carboxylic acids is 1. The van der Waals surface area contributed by atoms with Crippen LogP contribution in [-0.4, -0.2) is 23.6 Å². The fraction of sp³-hybridized carbons (Fsp3) is 0.611. The van der Waals surface area contributed by atoms with Gasteiger partial charge < -0.3 is 9.64 Å². The molecule has 0 aromatic heterocycles. The molecule has 3 nitrogen and oxygen atoms in total. The third-order valence-electron chi connectivity index (χ3n) is 5.12. The van der Waals surface area contributed by atoms with Gasteiger partial charge in [0.25, 0.3) is 0 Å². The molecular formula is C18H25NO2. The second kappa shape index (κ2) is 6.08. The van der Waals surface area contributed by atoms with Gasteiger partial charge in [0.05, 0.1) is 0 Å².